The van der Waals surface area contributed by atoms with E-state index >= 15 is 0 Å². The van der Waals surface area contributed by atoms with Crippen molar-refractivity contribution in [1.29, 1.82) is 0 Å². The molecule has 0 N–H and O–H groups in total. The fourth-order valence-corrected chi connectivity index (χ4v) is 3.60. The van der Waals surface area contributed by atoms with Crippen molar-refractivity contribution in [2.24, 2.45) is 0 Å². The molecule has 0 spiro atoms. The van der Waals surface area contributed by atoms with Crippen LogP contribution in [0.1, 0.15) is 13.8 Å². The van der Waals surface area contributed by atoms with E-state index in [2.05, 4.69) is 4.98 Å². The molecule has 1 aromatic heterocycles. The number of benzene rings is 1. The number of nitro benzene ring substituents is 1. The molecule has 0 atom stereocenters. The number of hydrazine groups is 1. The summed E-state index contributed by atoms with van der Waals surface area (Å²) >= 11 is 0. The van der Waals surface area contributed by atoms with E-state index in [1.165, 1.54) is 29.7 Å². The maximum Gasteiger partial charge on any atom is 0.347 e. The average Bonchev–Trinajstić information content (AvgIpc) is 2.85. The van der Waals surface area contributed by atoms with Crippen LogP contribution in [0.2, 0.25) is 0 Å². The highest BCUT2D eigenvalue weighted by Gasteiger charge is 2.36. The summed E-state index contributed by atoms with van der Waals surface area (Å²) in [5.74, 6) is 0. The van der Waals surface area contributed by atoms with Gasteiger partial charge in [-0.3, -0.25) is 10.1 Å². The van der Waals surface area contributed by atoms with Crippen LogP contribution in [0.4, 0.5) is 5.69 Å². The van der Waals surface area contributed by atoms with Crippen molar-refractivity contribution in [2.45, 2.75) is 25.5 Å². The molecule has 0 saturated carbocycles. The Morgan fingerprint density at radius 2 is 1.91 bits per heavy atom. The van der Waals surface area contributed by atoms with E-state index in [0.29, 0.717) is 0 Å². The number of nitrogens with zero attached hydrogens (tertiary/aromatic N) is 5. The minimum atomic E-state index is -4.47. The monoisotopic (exact) mass is 343 g/mol. The maximum atomic E-state index is 12.4. The molecule has 0 unspecified atom stereocenters. The average molecular weight is 343 g/mol. The van der Waals surface area contributed by atoms with Gasteiger partial charge in [-0.05, 0) is 24.3 Å². The van der Waals surface area contributed by atoms with E-state index in [1.807, 2.05) is 0 Å². The second-order valence-corrected chi connectivity index (χ2v) is 6.19. The molecule has 0 fully saturated rings. The summed E-state index contributed by atoms with van der Waals surface area (Å²) in [6.07, 6.45) is 0. The van der Waals surface area contributed by atoms with Crippen molar-refractivity contribution in [3.05, 3.63) is 38.4 Å². The molecule has 0 aliphatic carbocycles. The minimum Gasteiger partial charge on any atom is -0.313 e. The highest BCUT2D eigenvalue weighted by atomic mass is 32.2. The number of fused-ring (bicyclic) bond motifs is 1. The van der Waals surface area contributed by atoms with Gasteiger partial charge in [-0.1, -0.05) is 0 Å². The van der Waals surface area contributed by atoms with E-state index < -0.39 is 25.1 Å². The van der Waals surface area contributed by atoms with E-state index in [1.54, 1.807) is 6.92 Å². The lowest BCUT2D eigenvalue weighted by Crippen LogP contribution is -2.37. The third-order valence-corrected chi connectivity index (χ3v) is 4.90. The standard InChI is InChI=1S/C11H13N5O6S/c1-3-13-10-7-8(15(17)18)5-6-9(10)12-11(13)23(21,22)14(4-2)16(19)20/h5-7H,3-4H2,1-2H3. The molecule has 124 valence electrons. The number of aromatic nitrogens is 2. The largest absolute Gasteiger partial charge is 0.347 e. The normalized spacial score (nSPS) is 11.6. The Bertz CT molecular complexity index is 890. The molecular weight excluding hydrogens is 330 g/mol. The maximum absolute atomic E-state index is 12.4. The van der Waals surface area contributed by atoms with Gasteiger partial charge in [0.05, 0.1) is 22.5 Å². The molecule has 11 nitrogen and oxygen atoms in total. The summed E-state index contributed by atoms with van der Waals surface area (Å²) in [6.45, 7) is 2.69. The van der Waals surface area contributed by atoms with Gasteiger partial charge in [-0.25, -0.2) is 15.1 Å². The van der Waals surface area contributed by atoms with Crippen molar-refractivity contribution >= 4 is 26.7 Å². The van der Waals surface area contributed by atoms with Crippen LogP contribution in [0.25, 0.3) is 11.0 Å². The van der Waals surface area contributed by atoms with E-state index in [4.69, 9.17) is 0 Å². The van der Waals surface area contributed by atoms with Gasteiger partial charge >= 0.3 is 10.0 Å². The van der Waals surface area contributed by atoms with Gasteiger partial charge in [0.2, 0.25) is 0 Å². The second-order valence-electron chi connectivity index (χ2n) is 4.45. The molecule has 0 bridgehead atoms. The fourth-order valence-electron chi connectivity index (χ4n) is 2.17. The van der Waals surface area contributed by atoms with Crippen LogP contribution >= 0.6 is 0 Å². The molecule has 0 amide bonds. The third kappa shape index (κ3) is 2.67. The summed E-state index contributed by atoms with van der Waals surface area (Å²) in [4.78, 5) is 25.1. The van der Waals surface area contributed by atoms with Crippen LogP contribution in [0, 0.1) is 20.2 Å². The lowest BCUT2D eigenvalue weighted by Gasteiger charge is -2.12. The van der Waals surface area contributed by atoms with Gasteiger partial charge in [-0.2, -0.15) is 8.42 Å². The molecule has 0 aliphatic heterocycles. The number of rotatable bonds is 6. The van der Waals surface area contributed by atoms with Crippen LogP contribution in [0.3, 0.4) is 0 Å². The number of imidazole rings is 1. The SMILES string of the molecule is CCN([N+](=O)[O-])S(=O)(=O)c1nc2ccc([N+](=O)[O-])cc2n1CC. The van der Waals surface area contributed by atoms with Crippen LogP contribution in [0.5, 0.6) is 0 Å². The number of hydrogen-bond acceptors (Lipinski definition) is 7. The Morgan fingerprint density at radius 1 is 1.26 bits per heavy atom. The van der Waals surface area contributed by atoms with Crippen molar-refractivity contribution in [3.8, 4) is 0 Å². The van der Waals surface area contributed by atoms with Crippen molar-refractivity contribution in [1.82, 2.24) is 14.0 Å². The Morgan fingerprint density at radius 3 is 2.39 bits per heavy atom. The number of non-ortho nitro benzene ring substituents is 1. The molecule has 23 heavy (non-hydrogen) atoms. The van der Waals surface area contributed by atoms with Crippen molar-refractivity contribution < 1.29 is 18.4 Å². The molecule has 2 rings (SSSR count). The summed E-state index contributed by atoms with van der Waals surface area (Å²) in [6, 6.07) is 3.69. The topological polar surface area (TPSA) is 141 Å². The van der Waals surface area contributed by atoms with Gasteiger partial charge in [0.25, 0.3) is 10.8 Å². The molecule has 1 heterocycles. The molecule has 0 aliphatic rings. The Balaban J connectivity index is 2.75. The lowest BCUT2D eigenvalue weighted by atomic mass is 10.3. The van der Waals surface area contributed by atoms with Crippen molar-refractivity contribution in [2.75, 3.05) is 6.54 Å². The highest BCUT2D eigenvalue weighted by Crippen LogP contribution is 2.25. The predicted molar refractivity (Wildman–Crippen MR) is 78.6 cm³/mol. The van der Waals surface area contributed by atoms with Gasteiger partial charge in [0, 0.05) is 18.7 Å². The Labute approximate surface area is 130 Å². The summed E-state index contributed by atoms with van der Waals surface area (Å²) in [5.41, 5.74) is 0.202. The highest BCUT2D eigenvalue weighted by molar-refractivity contribution is 7.88. The third-order valence-electron chi connectivity index (χ3n) is 3.18. The zero-order valence-corrected chi connectivity index (χ0v) is 13.1. The number of hydrogen-bond donors (Lipinski definition) is 0. The first kappa shape index (κ1) is 16.6. The molecule has 12 heteroatoms. The molecule has 0 saturated heterocycles. The lowest BCUT2D eigenvalue weighted by molar-refractivity contribution is -0.619. The molecule has 1 aromatic carbocycles. The van der Waals surface area contributed by atoms with Gasteiger partial charge < -0.3 is 4.57 Å². The first-order chi connectivity index (χ1) is 10.7. The van der Waals surface area contributed by atoms with Crippen LogP contribution in [-0.4, -0.2) is 38.9 Å². The van der Waals surface area contributed by atoms with Gasteiger partial charge in [-0.15, -0.1) is 0 Å². The Kier molecular flexibility index (Phi) is 4.18. The van der Waals surface area contributed by atoms with E-state index in [9.17, 15) is 28.6 Å². The molecule has 0 radical (unpaired) electrons. The number of aryl methyl sites for hydroxylation is 1. The number of nitro groups is 2. The van der Waals surface area contributed by atoms with Crippen molar-refractivity contribution in [3.63, 3.8) is 0 Å². The zero-order chi connectivity index (χ0) is 17.4. The number of sulfonamides is 1. The van der Waals surface area contributed by atoms with Gasteiger partial charge in [0.15, 0.2) is 5.03 Å². The summed E-state index contributed by atoms with van der Waals surface area (Å²) < 4.78 is 26.2. The minimum absolute atomic E-state index is 0.0782. The van der Waals surface area contributed by atoms with Crippen LogP contribution < -0.4 is 0 Å². The first-order valence-corrected chi connectivity index (χ1v) is 7.99. The van der Waals surface area contributed by atoms with E-state index in [-0.39, 0.29) is 34.2 Å². The van der Waals surface area contributed by atoms with Crippen LogP contribution in [-0.2, 0) is 16.6 Å². The molecular formula is C11H13N5O6S. The first-order valence-electron chi connectivity index (χ1n) is 6.55. The quantitative estimate of drug-likeness (QED) is 0.566. The summed E-state index contributed by atoms with van der Waals surface area (Å²) in [7, 11) is -4.47. The predicted octanol–water partition coefficient (Wildman–Crippen LogP) is 1.17. The van der Waals surface area contributed by atoms with Crippen LogP contribution in [0.15, 0.2) is 23.4 Å². The molecule has 2 aromatic rings. The zero-order valence-electron chi connectivity index (χ0n) is 12.2. The Hall–Kier alpha value is -2.76. The fraction of sp³-hybridized carbons (Fsp3) is 0.364. The smallest absolute Gasteiger partial charge is 0.313 e. The van der Waals surface area contributed by atoms with E-state index in [0.717, 1.165) is 0 Å². The van der Waals surface area contributed by atoms with Gasteiger partial charge in [0.1, 0.15) is 0 Å². The summed E-state index contributed by atoms with van der Waals surface area (Å²) in [5, 5.41) is 20.2. The second kappa shape index (κ2) is 5.79.